The highest BCUT2D eigenvalue weighted by Gasteiger charge is 2.44. The van der Waals surface area contributed by atoms with Gasteiger partial charge in [-0.2, -0.15) is 4.31 Å². The largest absolute Gasteiger partial charge is 0.346 e. The Hall–Kier alpha value is -1.09. The van der Waals surface area contributed by atoms with Crippen molar-refractivity contribution in [3.05, 3.63) is 29.8 Å². The van der Waals surface area contributed by atoms with Crippen LogP contribution in [0.4, 0.5) is 8.78 Å². The summed E-state index contributed by atoms with van der Waals surface area (Å²) in [4.78, 5) is -0.267. The van der Waals surface area contributed by atoms with Crippen molar-refractivity contribution in [2.45, 2.75) is 23.5 Å². The van der Waals surface area contributed by atoms with Crippen LogP contribution in [0.1, 0.15) is 12.8 Å². The second kappa shape index (κ2) is 5.28. The summed E-state index contributed by atoms with van der Waals surface area (Å²) in [5.74, 6) is -3.16. The van der Waals surface area contributed by atoms with Crippen molar-refractivity contribution in [2.24, 2.45) is 0 Å². The van der Waals surface area contributed by atoms with Gasteiger partial charge in [-0.25, -0.2) is 17.2 Å². The highest BCUT2D eigenvalue weighted by atomic mass is 32.2. The Labute approximate surface area is 121 Å². The maximum atomic E-state index is 13.3. The molecule has 0 radical (unpaired) electrons. The average Bonchev–Trinajstić information content (AvgIpc) is 2.89. The van der Waals surface area contributed by atoms with Crippen molar-refractivity contribution in [3.63, 3.8) is 0 Å². The lowest BCUT2D eigenvalue weighted by atomic mass is 10.1. The minimum absolute atomic E-state index is 0.0638. The summed E-state index contributed by atoms with van der Waals surface area (Å²) in [6.07, 6.45) is 1.21. The Kier molecular flexibility index (Phi) is 3.73. The summed E-state index contributed by atoms with van der Waals surface area (Å²) < 4.78 is 63.5. The molecule has 2 saturated heterocycles. The quantitative estimate of drug-likeness (QED) is 0.829. The number of piperidine rings is 1. The van der Waals surface area contributed by atoms with Gasteiger partial charge in [0.2, 0.25) is 10.0 Å². The Balaban J connectivity index is 1.88. The Morgan fingerprint density at radius 2 is 1.86 bits per heavy atom. The SMILES string of the molecule is O=S(=O)(c1ccc(F)c(F)c1)N1CCCC2(C1)OCCO2. The molecule has 5 nitrogen and oxygen atoms in total. The lowest BCUT2D eigenvalue weighted by molar-refractivity contribution is -0.179. The summed E-state index contributed by atoms with van der Waals surface area (Å²) in [7, 11) is -3.90. The first-order valence-corrected chi connectivity index (χ1v) is 8.10. The molecule has 2 fully saturated rings. The number of sulfonamides is 1. The zero-order valence-corrected chi connectivity index (χ0v) is 12.0. The van der Waals surface area contributed by atoms with Gasteiger partial charge in [-0.3, -0.25) is 0 Å². The molecule has 0 bridgehead atoms. The normalized spacial score (nSPS) is 22.8. The van der Waals surface area contributed by atoms with Gasteiger partial charge < -0.3 is 9.47 Å². The highest BCUT2D eigenvalue weighted by molar-refractivity contribution is 7.89. The van der Waals surface area contributed by atoms with Crippen LogP contribution in [0.3, 0.4) is 0 Å². The molecule has 0 aromatic heterocycles. The Bertz CT molecular complexity index is 644. The number of hydrogen-bond donors (Lipinski definition) is 0. The molecule has 3 rings (SSSR count). The van der Waals surface area contributed by atoms with E-state index in [1.54, 1.807) is 0 Å². The van der Waals surface area contributed by atoms with Gasteiger partial charge in [0.1, 0.15) is 0 Å². The third-order valence-electron chi connectivity index (χ3n) is 3.72. The molecular formula is C13H15F2NO4S. The van der Waals surface area contributed by atoms with Crippen LogP contribution < -0.4 is 0 Å². The van der Waals surface area contributed by atoms with Gasteiger partial charge in [0.05, 0.1) is 24.7 Å². The van der Waals surface area contributed by atoms with E-state index < -0.39 is 27.4 Å². The molecule has 2 aliphatic rings. The van der Waals surface area contributed by atoms with Crippen LogP contribution in [0.5, 0.6) is 0 Å². The first kappa shape index (κ1) is 14.8. The third-order valence-corrected chi connectivity index (χ3v) is 5.57. The van der Waals surface area contributed by atoms with E-state index in [-0.39, 0.29) is 11.4 Å². The minimum atomic E-state index is -3.90. The molecule has 2 aliphatic heterocycles. The fourth-order valence-electron chi connectivity index (χ4n) is 2.68. The maximum Gasteiger partial charge on any atom is 0.243 e. The monoisotopic (exact) mass is 319 g/mol. The summed E-state index contributed by atoms with van der Waals surface area (Å²) in [6, 6.07) is 2.57. The lowest BCUT2D eigenvalue weighted by Crippen LogP contribution is -2.50. The molecular weight excluding hydrogens is 304 g/mol. The molecule has 21 heavy (non-hydrogen) atoms. The second-order valence-electron chi connectivity index (χ2n) is 5.13. The molecule has 0 N–H and O–H groups in total. The van der Waals surface area contributed by atoms with Gasteiger partial charge in [-0.15, -0.1) is 0 Å². The third kappa shape index (κ3) is 2.68. The standard InChI is InChI=1S/C13H15F2NO4S/c14-11-3-2-10(8-12(11)15)21(17,18)16-5-1-4-13(9-16)19-6-7-20-13/h2-3,8H,1,4-7,9H2. The van der Waals surface area contributed by atoms with Crippen LogP contribution >= 0.6 is 0 Å². The number of benzene rings is 1. The molecule has 1 aromatic carbocycles. The number of halogens is 2. The lowest BCUT2D eigenvalue weighted by Gasteiger charge is -2.37. The molecule has 1 spiro atoms. The van der Waals surface area contributed by atoms with E-state index in [0.29, 0.717) is 38.7 Å². The summed E-state index contributed by atoms with van der Waals surface area (Å²) >= 11 is 0. The first-order chi connectivity index (χ1) is 9.93. The molecule has 0 saturated carbocycles. The maximum absolute atomic E-state index is 13.3. The van der Waals surface area contributed by atoms with Gasteiger partial charge >= 0.3 is 0 Å². The van der Waals surface area contributed by atoms with Gasteiger partial charge in [0.25, 0.3) is 0 Å². The molecule has 2 heterocycles. The van der Waals surface area contributed by atoms with Crippen LogP contribution in [-0.4, -0.2) is 44.8 Å². The van der Waals surface area contributed by atoms with Gasteiger partial charge in [0, 0.05) is 13.0 Å². The Morgan fingerprint density at radius 1 is 1.14 bits per heavy atom. The van der Waals surface area contributed by atoms with Crippen molar-refractivity contribution in [1.82, 2.24) is 4.31 Å². The number of hydrogen-bond acceptors (Lipinski definition) is 4. The molecule has 0 atom stereocenters. The van der Waals surface area contributed by atoms with Gasteiger partial charge in [-0.05, 0) is 24.6 Å². The number of rotatable bonds is 2. The second-order valence-corrected chi connectivity index (χ2v) is 7.06. The van der Waals surface area contributed by atoms with Gasteiger partial charge in [-0.1, -0.05) is 0 Å². The smallest absolute Gasteiger partial charge is 0.243 e. The average molecular weight is 319 g/mol. The highest BCUT2D eigenvalue weighted by Crippen LogP contribution is 2.32. The summed E-state index contributed by atoms with van der Waals surface area (Å²) in [5, 5.41) is 0. The fraction of sp³-hybridized carbons (Fsp3) is 0.538. The van der Waals surface area contributed by atoms with Crippen molar-refractivity contribution in [2.75, 3.05) is 26.3 Å². The van der Waals surface area contributed by atoms with Crippen LogP contribution in [0.15, 0.2) is 23.1 Å². The number of ether oxygens (including phenoxy) is 2. The zero-order valence-electron chi connectivity index (χ0n) is 11.2. The van der Waals surface area contributed by atoms with E-state index >= 15 is 0 Å². The van der Waals surface area contributed by atoms with E-state index in [1.165, 1.54) is 4.31 Å². The summed E-state index contributed by atoms with van der Waals surface area (Å²) in [5.41, 5.74) is 0. The van der Waals surface area contributed by atoms with E-state index in [1.807, 2.05) is 0 Å². The molecule has 1 aromatic rings. The van der Waals surface area contributed by atoms with E-state index in [4.69, 9.17) is 9.47 Å². The van der Waals surface area contributed by atoms with Gasteiger partial charge in [0.15, 0.2) is 17.4 Å². The minimum Gasteiger partial charge on any atom is -0.346 e. The van der Waals surface area contributed by atoms with Crippen molar-refractivity contribution >= 4 is 10.0 Å². The van der Waals surface area contributed by atoms with Crippen molar-refractivity contribution < 1.29 is 26.7 Å². The number of nitrogens with zero attached hydrogens (tertiary/aromatic N) is 1. The van der Waals surface area contributed by atoms with Crippen LogP contribution in [0.25, 0.3) is 0 Å². The predicted molar refractivity (Wildman–Crippen MR) is 69.0 cm³/mol. The predicted octanol–water partition coefficient (Wildman–Crippen LogP) is 1.49. The van der Waals surface area contributed by atoms with Crippen molar-refractivity contribution in [1.29, 1.82) is 0 Å². The summed E-state index contributed by atoms with van der Waals surface area (Å²) in [6.45, 7) is 1.22. The fourth-order valence-corrected chi connectivity index (χ4v) is 4.20. The first-order valence-electron chi connectivity index (χ1n) is 6.66. The van der Waals surface area contributed by atoms with E-state index in [9.17, 15) is 17.2 Å². The Morgan fingerprint density at radius 3 is 2.52 bits per heavy atom. The zero-order chi connectivity index (χ0) is 15.1. The van der Waals surface area contributed by atoms with Crippen LogP contribution in [-0.2, 0) is 19.5 Å². The molecule has 0 amide bonds. The van der Waals surface area contributed by atoms with E-state index in [0.717, 1.165) is 12.1 Å². The molecule has 116 valence electrons. The van der Waals surface area contributed by atoms with Crippen molar-refractivity contribution in [3.8, 4) is 0 Å². The van der Waals surface area contributed by atoms with Crippen LogP contribution in [0, 0.1) is 11.6 Å². The molecule has 0 aliphatic carbocycles. The molecule has 8 heteroatoms. The van der Waals surface area contributed by atoms with E-state index in [2.05, 4.69) is 0 Å². The van der Waals surface area contributed by atoms with Crippen LogP contribution in [0.2, 0.25) is 0 Å². The topological polar surface area (TPSA) is 55.8 Å². The molecule has 0 unspecified atom stereocenters.